The molecule has 5 heteroatoms. The third-order valence-corrected chi connectivity index (χ3v) is 3.67. The monoisotopic (exact) mass is 391 g/mol. The summed E-state index contributed by atoms with van der Waals surface area (Å²) < 4.78 is 13.0. The first-order chi connectivity index (χ1) is 9.20. The van der Waals surface area contributed by atoms with Gasteiger partial charge in [-0.25, -0.2) is 4.39 Å². The average Bonchev–Trinajstić information content (AvgIpc) is 3.21. The molecule has 0 aromatic heterocycles. The summed E-state index contributed by atoms with van der Waals surface area (Å²) in [5.74, 6) is 0.670. The molecule has 20 heavy (non-hydrogen) atoms. The van der Waals surface area contributed by atoms with Crippen molar-refractivity contribution in [1.82, 2.24) is 10.6 Å². The van der Waals surface area contributed by atoms with E-state index in [1.54, 1.807) is 19.2 Å². The fourth-order valence-corrected chi connectivity index (χ4v) is 2.24. The van der Waals surface area contributed by atoms with Crippen LogP contribution in [0.1, 0.15) is 31.7 Å². The fraction of sp³-hybridized carbons (Fsp3) is 0.533. The van der Waals surface area contributed by atoms with Gasteiger partial charge in [0.2, 0.25) is 0 Å². The van der Waals surface area contributed by atoms with Crippen LogP contribution in [0.4, 0.5) is 4.39 Å². The molecular weight excluding hydrogens is 368 g/mol. The van der Waals surface area contributed by atoms with Crippen LogP contribution in [0.25, 0.3) is 0 Å². The van der Waals surface area contributed by atoms with Crippen LogP contribution < -0.4 is 10.6 Å². The SMILES string of the molecule is CCCNC(=NC)NCC1(c2ccc(F)cc2)CC1.I. The first kappa shape index (κ1) is 17.2. The van der Waals surface area contributed by atoms with E-state index in [2.05, 4.69) is 22.5 Å². The van der Waals surface area contributed by atoms with Gasteiger partial charge in [0.15, 0.2) is 5.96 Å². The Labute approximate surface area is 137 Å². The highest BCUT2D eigenvalue weighted by Gasteiger charge is 2.44. The van der Waals surface area contributed by atoms with Gasteiger partial charge in [-0.3, -0.25) is 4.99 Å². The molecule has 0 bridgehead atoms. The predicted molar refractivity (Wildman–Crippen MR) is 92.4 cm³/mol. The maximum absolute atomic E-state index is 13.0. The zero-order chi connectivity index (χ0) is 13.7. The largest absolute Gasteiger partial charge is 0.356 e. The van der Waals surface area contributed by atoms with Gasteiger partial charge in [-0.15, -0.1) is 24.0 Å². The summed E-state index contributed by atoms with van der Waals surface area (Å²) in [4.78, 5) is 4.20. The van der Waals surface area contributed by atoms with Crippen LogP contribution in [0.2, 0.25) is 0 Å². The van der Waals surface area contributed by atoms with Gasteiger partial charge in [-0.2, -0.15) is 0 Å². The Bertz CT molecular complexity index is 441. The highest BCUT2D eigenvalue weighted by atomic mass is 127. The Balaban J connectivity index is 0.00000200. The Morgan fingerprint density at radius 1 is 1.25 bits per heavy atom. The molecule has 112 valence electrons. The summed E-state index contributed by atoms with van der Waals surface area (Å²) in [5.41, 5.74) is 1.38. The van der Waals surface area contributed by atoms with Crippen LogP contribution in [0.5, 0.6) is 0 Å². The normalized spacial score (nSPS) is 16.2. The van der Waals surface area contributed by atoms with E-state index in [4.69, 9.17) is 0 Å². The molecule has 1 aliphatic carbocycles. The van der Waals surface area contributed by atoms with Gasteiger partial charge in [0, 0.05) is 25.6 Å². The van der Waals surface area contributed by atoms with Crippen molar-refractivity contribution in [3.8, 4) is 0 Å². The van der Waals surface area contributed by atoms with Crippen molar-refractivity contribution in [1.29, 1.82) is 0 Å². The van der Waals surface area contributed by atoms with Crippen LogP contribution in [0.15, 0.2) is 29.3 Å². The molecule has 0 heterocycles. The molecule has 1 aromatic carbocycles. The Hall–Kier alpha value is -0.850. The lowest BCUT2D eigenvalue weighted by Crippen LogP contribution is -2.41. The van der Waals surface area contributed by atoms with Crippen LogP contribution in [-0.4, -0.2) is 26.1 Å². The summed E-state index contributed by atoms with van der Waals surface area (Å²) in [6.07, 6.45) is 3.37. The van der Waals surface area contributed by atoms with Crippen molar-refractivity contribution >= 4 is 29.9 Å². The maximum Gasteiger partial charge on any atom is 0.191 e. The minimum atomic E-state index is -0.173. The van der Waals surface area contributed by atoms with E-state index >= 15 is 0 Å². The molecule has 0 radical (unpaired) electrons. The number of hydrogen-bond acceptors (Lipinski definition) is 1. The average molecular weight is 391 g/mol. The summed E-state index contributed by atoms with van der Waals surface area (Å²) in [6, 6.07) is 6.87. The molecule has 3 nitrogen and oxygen atoms in total. The molecule has 1 aliphatic rings. The fourth-order valence-electron chi connectivity index (χ4n) is 2.24. The number of aliphatic imine (C=N–C) groups is 1. The number of halogens is 2. The van der Waals surface area contributed by atoms with Gasteiger partial charge in [-0.05, 0) is 37.0 Å². The van der Waals surface area contributed by atoms with Gasteiger partial charge >= 0.3 is 0 Å². The lowest BCUT2D eigenvalue weighted by atomic mass is 9.96. The number of benzene rings is 1. The Kier molecular flexibility index (Phi) is 6.71. The molecule has 0 atom stereocenters. The van der Waals surface area contributed by atoms with Crippen LogP contribution in [-0.2, 0) is 5.41 Å². The number of nitrogens with zero attached hydrogens (tertiary/aromatic N) is 1. The van der Waals surface area contributed by atoms with Gasteiger partial charge in [0.25, 0.3) is 0 Å². The summed E-state index contributed by atoms with van der Waals surface area (Å²) in [6.45, 7) is 3.90. The molecule has 0 saturated heterocycles. The zero-order valence-corrected chi connectivity index (χ0v) is 14.4. The predicted octanol–water partition coefficient (Wildman–Crippen LogP) is 3.05. The molecule has 1 fully saturated rings. The van der Waals surface area contributed by atoms with Gasteiger partial charge < -0.3 is 10.6 Å². The first-order valence-corrected chi connectivity index (χ1v) is 6.91. The zero-order valence-electron chi connectivity index (χ0n) is 12.1. The number of nitrogens with one attached hydrogen (secondary N) is 2. The van der Waals surface area contributed by atoms with Crippen molar-refractivity contribution in [3.63, 3.8) is 0 Å². The third kappa shape index (κ3) is 4.33. The Morgan fingerprint density at radius 2 is 1.90 bits per heavy atom. The molecule has 0 spiro atoms. The van der Waals surface area contributed by atoms with Crippen molar-refractivity contribution in [2.75, 3.05) is 20.1 Å². The molecule has 1 saturated carbocycles. The van der Waals surface area contributed by atoms with E-state index in [0.717, 1.165) is 38.3 Å². The van der Waals surface area contributed by atoms with E-state index in [1.807, 2.05) is 12.1 Å². The maximum atomic E-state index is 13.0. The molecule has 0 amide bonds. The van der Waals surface area contributed by atoms with Gasteiger partial charge in [0.05, 0.1) is 0 Å². The lowest BCUT2D eigenvalue weighted by molar-refractivity contribution is 0.617. The number of rotatable bonds is 5. The van der Waals surface area contributed by atoms with E-state index in [1.165, 1.54) is 5.56 Å². The van der Waals surface area contributed by atoms with E-state index in [0.29, 0.717) is 0 Å². The van der Waals surface area contributed by atoms with Crippen LogP contribution in [0.3, 0.4) is 0 Å². The van der Waals surface area contributed by atoms with E-state index < -0.39 is 0 Å². The number of guanidine groups is 1. The first-order valence-electron chi connectivity index (χ1n) is 6.91. The minimum absolute atomic E-state index is 0. The standard InChI is InChI=1S/C15H22FN3.HI/c1-3-10-18-14(17-2)19-11-15(8-9-15)12-4-6-13(16)7-5-12;/h4-7H,3,8-11H2,1-2H3,(H2,17,18,19);1H. The lowest BCUT2D eigenvalue weighted by Gasteiger charge is -2.19. The van der Waals surface area contributed by atoms with Crippen molar-refractivity contribution in [3.05, 3.63) is 35.6 Å². The van der Waals surface area contributed by atoms with Crippen LogP contribution in [0, 0.1) is 5.82 Å². The molecule has 2 rings (SSSR count). The number of hydrogen-bond donors (Lipinski definition) is 2. The van der Waals surface area contributed by atoms with E-state index in [-0.39, 0.29) is 35.2 Å². The molecule has 2 N–H and O–H groups in total. The summed E-state index contributed by atoms with van der Waals surface area (Å²) in [5, 5.41) is 6.62. The highest BCUT2D eigenvalue weighted by molar-refractivity contribution is 14.0. The van der Waals surface area contributed by atoms with Gasteiger partial charge in [-0.1, -0.05) is 19.1 Å². The molecule has 0 aliphatic heterocycles. The smallest absolute Gasteiger partial charge is 0.191 e. The van der Waals surface area contributed by atoms with Gasteiger partial charge in [0.1, 0.15) is 5.82 Å². The van der Waals surface area contributed by atoms with Crippen LogP contribution >= 0.6 is 24.0 Å². The second-order valence-electron chi connectivity index (χ2n) is 5.14. The second-order valence-corrected chi connectivity index (χ2v) is 5.14. The van der Waals surface area contributed by atoms with Crippen molar-refractivity contribution < 1.29 is 4.39 Å². The third-order valence-electron chi connectivity index (χ3n) is 3.67. The summed E-state index contributed by atoms with van der Waals surface area (Å²) in [7, 11) is 1.78. The topological polar surface area (TPSA) is 36.4 Å². The Morgan fingerprint density at radius 3 is 2.40 bits per heavy atom. The molecular formula is C15H23FIN3. The van der Waals surface area contributed by atoms with Crippen molar-refractivity contribution in [2.24, 2.45) is 4.99 Å². The van der Waals surface area contributed by atoms with Crippen molar-refractivity contribution in [2.45, 2.75) is 31.6 Å². The second kappa shape index (κ2) is 7.81. The molecule has 0 unspecified atom stereocenters. The highest BCUT2D eigenvalue weighted by Crippen LogP contribution is 2.47. The van der Waals surface area contributed by atoms with E-state index in [9.17, 15) is 4.39 Å². The summed E-state index contributed by atoms with van der Waals surface area (Å²) >= 11 is 0. The quantitative estimate of drug-likeness (QED) is 0.460. The molecule has 1 aromatic rings. The minimum Gasteiger partial charge on any atom is -0.356 e.